The lowest BCUT2D eigenvalue weighted by molar-refractivity contribution is 0.0800. The minimum Gasteiger partial charge on any atom is -0.454 e. The predicted molar refractivity (Wildman–Crippen MR) is 76.6 cm³/mol. The molecule has 0 radical (unpaired) electrons. The molecule has 0 N–H and O–H groups in total. The average molecular weight is 288 g/mol. The highest BCUT2D eigenvalue weighted by Gasteiger charge is 2.17. The fraction of sp³-hybridized carbons (Fsp3) is 0.143. The number of benzene rings is 1. The summed E-state index contributed by atoms with van der Waals surface area (Å²) in [6.07, 6.45) is 1.65. The zero-order valence-corrected chi connectivity index (χ0v) is 11.6. The topological polar surface area (TPSA) is 51.1 Å². The first-order chi connectivity index (χ1) is 9.74. The summed E-state index contributed by atoms with van der Waals surface area (Å²) in [4.78, 5) is 12.2. The maximum atomic E-state index is 12.2. The van der Waals surface area contributed by atoms with Crippen LogP contribution in [0.25, 0.3) is 0 Å². The van der Waals surface area contributed by atoms with Crippen LogP contribution in [-0.4, -0.2) is 31.0 Å². The molecule has 102 valence electrons. The molecule has 0 unspecified atom stereocenters. The Morgan fingerprint density at radius 1 is 1.35 bits per heavy atom. The van der Waals surface area contributed by atoms with Crippen LogP contribution in [0.4, 0.5) is 0 Å². The van der Waals surface area contributed by atoms with Crippen LogP contribution >= 0.6 is 11.3 Å². The summed E-state index contributed by atoms with van der Waals surface area (Å²) in [7, 11) is 1.62. The first-order valence-corrected chi connectivity index (χ1v) is 6.92. The molecule has 0 aliphatic carbocycles. The maximum Gasteiger partial charge on any atom is 0.273 e. The number of hydrogen-bond donors (Lipinski definition) is 0. The predicted octanol–water partition coefficient (Wildman–Crippen LogP) is 2.58. The highest BCUT2D eigenvalue weighted by Crippen LogP contribution is 2.32. The average Bonchev–Trinajstić information content (AvgIpc) is 3.13. The van der Waals surface area contributed by atoms with Gasteiger partial charge in [0.25, 0.3) is 5.91 Å². The number of nitrogens with zero attached hydrogens (tertiary/aromatic N) is 2. The summed E-state index contributed by atoms with van der Waals surface area (Å²) >= 11 is 1.58. The summed E-state index contributed by atoms with van der Waals surface area (Å²) in [5.74, 6) is 1.05. The van der Waals surface area contributed by atoms with Crippen LogP contribution in [-0.2, 0) is 0 Å². The van der Waals surface area contributed by atoms with Crippen molar-refractivity contribution >= 4 is 23.5 Å². The molecule has 0 bridgehead atoms. The number of hydrogen-bond acceptors (Lipinski definition) is 5. The zero-order chi connectivity index (χ0) is 13.9. The van der Waals surface area contributed by atoms with Gasteiger partial charge in [-0.3, -0.25) is 4.79 Å². The van der Waals surface area contributed by atoms with E-state index in [0.29, 0.717) is 17.1 Å². The Balaban J connectivity index is 1.75. The molecule has 1 aromatic carbocycles. The van der Waals surface area contributed by atoms with Crippen LogP contribution < -0.4 is 9.47 Å². The Morgan fingerprint density at radius 3 is 3.00 bits per heavy atom. The van der Waals surface area contributed by atoms with Gasteiger partial charge in [0.15, 0.2) is 11.5 Å². The third-order valence-corrected chi connectivity index (χ3v) is 3.54. The Bertz CT molecular complexity index is 652. The number of fused-ring (bicyclic) bond motifs is 1. The second-order valence-corrected chi connectivity index (χ2v) is 4.98. The molecular weight excluding hydrogens is 276 g/mol. The van der Waals surface area contributed by atoms with Crippen molar-refractivity contribution in [3.05, 3.63) is 46.2 Å². The molecule has 2 heterocycles. The fourth-order valence-corrected chi connectivity index (χ4v) is 2.38. The van der Waals surface area contributed by atoms with Crippen LogP contribution in [0, 0.1) is 0 Å². The Hall–Kier alpha value is -2.34. The zero-order valence-electron chi connectivity index (χ0n) is 10.8. The highest BCUT2D eigenvalue weighted by atomic mass is 32.1. The second-order valence-electron chi connectivity index (χ2n) is 4.20. The number of ether oxygens (including phenoxy) is 2. The van der Waals surface area contributed by atoms with Crippen molar-refractivity contribution in [1.82, 2.24) is 5.01 Å². The van der Waals surface area contributed by atoms with Gasteiger partial charge in [0.1, 0.15) is 0 Å². The molecule has 1 aliphatic rings. The monoisotopic (exact) mass is 288 g/mol. The molecule has 1 aromatic heterocycles. The van der Waals surface area contributed by atoms with Crippen molar-refractivity contribution in [1.29, 1.82) is 0 Å². The van der Waals surface area contributed by atoms with Crippen molar-refractivity contribution in [2.45, 2.75) is 0 Å². The van der Waals surface area contributed by atoms with Crippen molar-refractivity contribution in [3.63, 3.8) is 0 Å². The van der Waals surface area contributed by atoms with Crippen LogP contribution in [0.15, 0.2) is 40.1 Å². The maximum absolute atomic E-state index is 12.2. The lowest BCUT2D eigenvalue weighted by Gasteiger charge is -2.10. The van der Waals surface area contributed by atoms with Gasteiger partial charge in [0, 0.05) is 18.2 Å². The lowest BCUT2D eigenvalue weighted by Crippen LogP contribution is -2.21. The molecule has 0 saturated heterocycles. The van der Waals surface area contributed by atoms with Gasteiger partial charge in [-0.15, -0.1) is 0 Å². The van der Waals surface area contributed by atoms with E-state index >= 15 is 0 Å². The van der Waals surface area contributed by atoms with Crippen LogP contribution in [0.2, 0.25) is 0 Å². The molecular formula is C14H12N2O3S. The lowest BCUT2D eigenvalue weighted by atomic mass is 10.2. The van der Waals surface area contributed by atoms with Crippen molar-refractivity contribution in [2.24, 2.45) is 5.10 Å². The minimum absolute atomic E-state index is 0.194. The van der Waals surface area contributed by atoms with E-state index in [2.05, 4.69) is 5.10 Å². The SMILES string of the molecule is CN(/N=C/c1ccsc1)C(=O)c1ccc2c(c1)OCO2. The minimum atomic E-state index is -0.199. The van der Waals surface area contributed by atoms with E-state index in [0.717, 1.165) is 5.56 Å². The van der Waals surface area contributed by atoms with Crippen molar-refractivity contribution in [2.75, 3.05) is 13.8 Å². The molecule has 0 spiro atoms. The largest absolute Gasteiger partial charge is 0.454 e. The van der Waals surface area contributed by atoms with Crippen molar-refractivity contribution in [3.8, 4) is 11.5 Å². The highest BCUT2D eigenvalue weighted by molar-refractivity contribution is 7.08. The first-order valence-electron chi connectivity index (χ1n) is 5.98. The van der Waals surface area contributed by atoms with E-state index in [-0.39, 0.29) is 12.7 Å². The molecule has 5 nitrogen and oxygen atoms in total. The van der Waals surface area contributed by atoms with Gasteiger partial charge in [-0.1, -0.05) is 0 Å². The molecule has 1 amide bonds. The van der Waals surface area contributed by atoms with E-state index in [9.17, 15) is 4.79 Å². The van der Waals surface area contributed by atoms with E-state index in [4.69, 9.17) is 9.47 Å². The number of thiophene rings is 1. The van der Waals surface area contributed by atoms with Gasteiger partial charge in [-0.2, -0.15) is 16.4 Å². The van der Waals surface area contributed by atoms with Gasteiger partial charge in [-0.05, 0) is 35.0 Å². The Morgan fingerprint density at radius 2 is 2.20 bits per heavy atom. The Labute approximate surface area is 120 Å². The van der Waals surface area contributed by atoms with E-state index in [1.807, 2.05) is 16.8 Å². The summed E-state index contributed by atoms with van der Waals surface area (Å²) in [5.41, 5.74) is 1.49. The third-order valence-electron chi connectivity index (χ3n) is 2.84. The van der Waals surface area contributed by atoms with Gasteiger partial charge in [0.2, 0.25) is 6.79 Å². The number of carbonyl (C=O) groups excluding carboxylic acids is 1. The molecule has 0 fully saturated rings. The van der Waals surface area contributed by atoms with Crippen LogP contribution in [0.1, 0.15) is 15.9 Å². The van der Waals surface area contributed by atoms with Gasteiger partial charge >= 0.3 is 0 Å². The molecule has 1 aliphatic heterocycles. The number of amides is 1. The van der Waals surface area contributed by atoms with Gasteiger partial charge < -0.3 is 9.47 Å². The van der Waals surface area contributed by atoms with Crippen molar-refractivity contribution < 1.29 is 14.3 Å². The smallest absolute Gasteiger partial charge is 0.273 e. The Kier molecular flexibility index (Phi) is 3.39. The van der Waals surface area contributed by atoms with Crippen LogP contribution in [0.3, 0.4) is 0 Å². The summed E-state index contributed by atoms with van der Waals surface area (Å²) in [5, 5.41) is 9.35. The standard InChI is InChI=1S/C14H12N2O3S/c1-16(15-7-10-4-5-20-8-10)14(17)11-2-3-12-13(6-11)19-9-18-12/h2-8H,9H2,1H3/b15-7+. The fourth-order valence-electron chi connectivity index (χ4n) is 1.77. The quantitative estimate of drug-likeness (QED) is 0.644. The molecule has 20 heavy (non-hydrogen) atoms. The van der Waals surface area contributed by atoms with E-state index in [1.54, 1.807) is 42.8 Å². The first kappa shape index (κ1) is 12.7. The third kappa shape index (κ3) is 2.50. The number of hydrazone groups is 1. The molecule has 0 atom stereocenters. The summed E-state index contributed by atoms with van der Waals surface area (Å²) in [6.45, 7) is 0.194. The molecule has 0 saturated carbocycles. The molecule has 3 rings (SSSR count). The van der Waals surface area contributed by atoms with Gasteiger partial charge in [-0.25, -0.2) is 5.01 Å². The van der Waals surface area contributed by atoms with E-state index < -0.39 is 0 Å². The normalized spacial score (nSPS) is 12.8. The molecule has 2 aromatic rings. The molecule has 6 heteroatoms. The second kappa shape index (κ2) is 5.34. The summed E-state index contributed by atoms with van der Waals surface area (Å²) < 4.78 is 10.5. The van der Waals surface area contributed by atoms with Crippen LogP contribution in [0.5, 0.6) is 11.5 Å². The number of carbonyl (C=O) groups is 1. The summed E-state index contributed by atoms with van der Waals surface area (Å²) in [6, 6.07) is 7.03. The van der Waals surface area contributed by atoms with Gasteiger partial charge in [0.05, 0.1) is 6.21 Å². The van der Waals surface area contributed by atoms with E-state index in [1.165, 1.54) is 5.01 Å². The number of rotatable bonds is 3.